The van der Waals surface area contributed by atoms with Crippen molar-refractivity contribution in [2.24, 2.45) is 17.3 Å². The van der Waals surface area contributed by atoms with E-state index in [4.69, 9.17) is 0 Å². The molecule has 4 fully saturated rings. The highest BCUT2D eigenvalue weighted by Gasteiger charge is 2.59. The fourth-order valence-electron chi connectivity index (χ4n) is 7.60. The smallest absolute Gasteiger partial charge is 0.307 e. The van der Waals surface area contributed by atoms with Crippen molar-refractivity contribution in [1.29, 1.82) is 0 Å². The lowest BCUT2D eigenvalue weighted by atomic mass is 9.46. The molecule has 9 heteroatoms. The fraction of sp³-hybridized carbons (Fsp3) is 0.708. The van der Waals surface area contributed by atoms with Crippen molar-refractivity contribution < 1.29 is 9.72 Å². The molecule has 2 aromatic rings. The Hall–Kier alpha value is -2.71. The summed E-state index contributed by atoms with van der Waals surface area (Å²) in [6.45, 7) is 7.57. The van der Waals surface area contributed by atoms with E-state index < -0.39 is 0 Å². The van der Waals surface area contributed by atoms with E-state index in [1.165, 1.54) is 12.6 Å². The van der Waals surface area contributed by atoms with Crippen LogP contribution in [0.1, 0.15) is 68.8 Å². The molecular formula is C24H34N6O3. The van der Waals surface area contributed by atoms with Gasteiger partial charge in [0.15, 0.2) is 0 Å². The first-order valence-corrected chi connectivity index (χ1v) is 12.1. The van der Waals surface area contributed by atoms with Gasteiger partial charge in [-0.1, -0.05) is 0 Å². The van der Waals surface area contributed by atoms with Gasteiger partial charge in [-0.2, -0.15) is 10.2 Å². The number of nitrogens with zero attached hydrogens (tertiary/aromatic N) is 6. The first-order chi connectivity index (χ1) is 15.6. The molecule has 2 unspecified atom stereocenters. The third-order valence-corrected chi connectivity index (χ3v) is 8.60. The average Bonchev–Trinajstić information content (AvgIpc) is 3.34. The van der Waals surface area contributed by atoms with E-state index in [0.717, 1.165) is 55.6 Å². The van der Waals surface area contributed by atoms with Crippen LogP contribution in [0.4, 0.5) is 5.69 Å². The lowest BCUT2D eigenvalue weighted by Crippen LogP contribution is -2.57. The molecule has 9 nitrogen and oxygen atoms in total. The number of hydrogen-bond acceptors (Lipinski definition) is 5. The third kappa shape index (κ3) is 3.65. The monoisotopic (exact) mass is 454 g/mol. The van der Waals surface area contributed by atoms with Gasteiger partial charge < -0.3 is 4.90 Å². The molecule has 0 aliphatic heterocycles. The molecular weight excluding hydrogens is 420 g/mol. The van der Waals surface area contributed by atoms with Crippen LogP contribution in [0.5, 0.6) is 0 Å². The summed E-state index contributed by atoms with van der Waals surface area (Å²) in [5.41, 5.74) is 3.08. The lowest BCUT2D eigenvalue weighted by Gasteiger charge is -2.62. The van der Waals surface area contributed by atoms with E-state index in [0.29, 0.717) is 24.8 Å². The van der Waals surface area contributed by atoms with Crippen molar-refractivity contribution >= 4 is 11.6 Å². The van der Waals surface area contributed by atoms with Crippen molar-refractivity contribution in [3.63, 3.8) is 0 Å². The predicted molar refractivity (Wildman–Crippen MR) is 122 cm³/mol. The van der Waals surface area contributed by atoms with Crippen LogP contribution in [0.25, 0.3) is 0 Å². The van der Waals surface area contributed by atoms with E-state index in [1.807, 2.05) is 28.2 Å². The van der Waals surface area contributed by atoms with Gasteiger partial charge in [-0.3, -0.25) is 24.3 Å². The van der Waals surface area contributed by atoms with Gasteiger partial charge in [-0.25, -0.2) is 0 Å². The van der Waals surface area contributed by atoms with Crippen LogP contribution >= 0.6 is 0 Å². The Balaban J connectivity index is 1.35. The first kappa shape index (κ1) is 22.1. The van der Waals surface area contributed by atoms with Crippen LogP contribution in [0.15, 0.2) is 12.4 Å². The molecule has 6 rings (SSSR count). The molecule has 1 amide bonds. The minimum atomic E-state index is -0.372. The molecule has 2 heterocycles. The summed E-state index contributed by atoms with van der Waals surface area (Å²) < 4.78 is 3.87. The third-order valence-electron chi connectivity index (χ3n) is 8.60. The highest BCUT2D eigenvalue weighted by Crippen LogP contribution is 2.65. The number of hydrogen-bond donors (Lipinski definition) is 0. The van der Waals surface area contributed by atoms with Crippen LogP contribution in [-0.2, 0) is 23.4 Å². The molecule has 0 spiro atoms. The quantitative estimate of drug-likeness (QED) is 0.466. The maximum atomic E-state index is 13.5. The maximum absolute atomic E-state index is 13.5. The number of nitro groups is 1. The van der Waals surface area contributed by atoms with Crippen LogP contribution in [0.3, 0.4) is 0 Å². The van der Waals surface area contributed by atoms with Gasteiger partial charge in [0.2, 0.25) is 5.91 Å². The topological polar surface area (TPSA) is 99.1 Å². The number of carbonyl (C=O) groups is 1. The lowest BCUT2D eigenvalue weighted by molar-refractivity contribution is -0.385. The van der Waals surface area contributed by atoms with Crippen LogP contribution < -0.4 is 0 Å². The number of rotatable bonds is 7. The SMILES string of the molecule is CCn1nc(C)c(CN(C)C(=O)CC23CC4CC(C2)CC(n2cc([N+](=O)[O-])cn2)(C4)C3)c1C. The second kappa shape index (κ2) is 7.67. The van der Waals surface area contributed by atoms with Crippen LogP contribution in [0.2, 0.25) is 0 Å². The highest BCUT2D eigenvalue weighted by atomic mass is 16.6. The van der Waals surface area contributed by atoms with Gasteiger partial charge in [-0.05, 0) is 76.5 Å². The summed E-state index contributed by atoms with van der Waals surface area (Å²) in [4.78, 5) is 26.2. The molecule has 0 radical (unpaired) electrons. The zero-order valence-corrected chi connectivity index (χ0v) is 20.1. The summed E-state index contributed by atoms with van der Waals surface area (Å²) in [6.07, 6.45) is 9.81. The molecule has 178 valence electrons. The van der Waals surface area contributed by atoms with E-state index in [1.54, 1.807) is 6.20 Å². The molecule has 4 saturated carbocycles. The van der Waals surface area contributed by atoms with E-state index >= 15 is 0 Å². The summed E-state index contributed by atoms with van der Waals surface area (Å²) >= 11 is 0. The zero-order valence-electron chi connectivity index (χ0n) is 20.1. The molecule has 2 aromatic heterocycles. The van der Waals surface area contributed by atoms with Crippen molar-refractivity contribution in [2.75, 3.05) is 7.05 Å². The van der Waals surface area contributed by atoms with Crippen molar-refractivity contribution in [1.82, 2.24) is 24.5 Å². The number of aromatic nitrogens is 4. The summed E-state index contributed by atoms with van der Waals surface area (Å²) in [5.74, 6) is 1.32. The fourth-order valence-corrected chi connectivity index (χ4v) is 7.60. The number of aryl methyl sites for hydroxylation is 2. The second-order valence-electron chi connectivity index (χ2n) is 11.0. The molecule has 0 aromatic carbocycles. The summed E-state index contributed by atoms with van der Waals surface area (Å²) in [7, 11) is 1.90. The van der Waals surface area contributed by atoms with Gasteiger partial charge in [0, 0.05) is 37.8 Å². The van der Waals surface area contributed by atoms with E-state index in [-0.39, 0.29) is 27.5 Å². The van der Waals surface area contributed by atoms with Crippen molar-refractivity contribution in [3.05, 3.63) is 39.5 Å². The van der Waals surface area contributed by atoms with Crippen LogP contribution in [0, 0.1) is 41.2 Å². The Bertz CT molecular complexity index is 1090. The molecule has 4 aliphatic carbocycles. The molecule has 4 bridgehead atoms. The van der Waals surface area contributed by atoms with Crippen molar-refractivity contribution in [2.45, 2.75) is 84.3 Å². The first-order valence-electron chi connectivity index (χ1n) is 12.1. The minimum absolute atomic E-state index is 0.0339. The number of carbonyl (C=O) groups excluding carboxylic acids is 1. The number of amides is 1. The summed E-state index contributed by atoms with van der Waals surface area (Å²) in [5, 5.41) is 20.3. The molecule has 0 N–H and O–H groups in total. The zero-order chi connectivity index (χ0) is 23.5. The largest absolute Gasteiger partial charge is 0.341 e. The van der Waals surface area contributed by atoms with Gasteiger partial charge in [0.1, 0.15) is 12.4 Å². The van der Waals surface area contributed by atoms with Gasteiger partial charge in [0.05, 0.1) is 16.2 Å². The van der Waals surface area contributed by atoms with E-state index in [9.17, 15) is 14.9 Å². The standard InChI is InChI=1S/C24H34N6O3/c1-5-28-17(3)21(16(2)26-28)14-27(4)22(31)11-23-7-18-6-19(8-23)10-24(9-18,15-23)29-13-20(12-25-29)30(32)33/h12-13,18-19H,5-11,14-15H2,1-4H3. The highest BCUT2D eigenvalue weighted by molar-refractivity contribution is 5.77. The molecule has 2 atom stereocenters. The normalized spacial score (nSPS) is 30.1. The molecule has 0 saturated heterocycles. The Morgan fingerprint density at radius 1 is 1.27 bits per heavy atom. The minimum Gasteiger partial charge on any atom is -0.341 e. The Kier molecular flexibility index (Phi) is 5.14. The van der Waals surface area contributed by atoms with E-state index in [2.05, 4.69) is 24.0 Å². The maximum Gasteiger partial charge on any atom is 0.307 e. The molecule has 33 heavy (non-hydrogen) atoms. The Morgan fingerprint density at radius 2 is 1.97 bits per heavy atom. The van der Waals surface area contributed by atoms with Gasteiger partial charge in [0.25, 0.3) is 0 Å². The summed E-state index contributed by atoms with van der Waals surface area (Å²) in [6, 6.07) is 0. The van der Waals surface area contributed by atoms with Crippen molar-refractivity contribution in [3.8, 4) is 0 Å². The van der Waals surface area contributed by atoms with Crippen LogP contribution in [-0.4, -0.2) is 42.3 Å². The second-order valence-corrected chi connectivity index (χ2v) is 11.0. The predicted octanol–water partition coefficient (Wildman–Crippen LogP) is 3.97. The van der Waals surface area contributed by atoms with Gasteiger partial charge in [-0.15, -0.1) is 0 Å². The average molecular weight is 455 g/mol. The Morgan fingerprint density at radius 3 is 2.55 bits per heavy atom. The van der Waals surface area contributed by atoms with Gasteiger partial charge >= 0.3 is 5.69 Å². The molecule has 4 aliphatic rings. The Labute approximate surface area is 194 Å².